The van der Waals surface area contributed by atoms with Crippen LogP contribution in [0.1, 0.15) is 45.8 Å². The Morgan fingerprint density at radius 1 is 1.06 bits per heavy atom. The zero-order valence-electron chi connectivity index (χ0n) is 18.7. The lowest BCUT2D eigenvalue weighted by molar-refractivity contribution is -0.137. The van der Waals surface area contributed by atoms with Crippen molar-refractivity contribution in [2.75, 3.05) is 11.9 Å². The van der Waals surface area contributed by atoms with Gasteiger partial charge in [-0.3, -0.25) is 9.59 Å². The minimum atomic E-state index is -4.62. The monoisotopic (exact) mass is 485 g/mol. The van der Waals surface area contributed by atoms with Gasteiger partial charge >= 0.3 is 6.18 Å². The maximum Gasteiger partial charge on any atom is 0.418 e. The standard InChI is InChI=1S/C25H22F3N3O4/c1-15-22-19(30-31-21(32)14-34-16-8-3-2-4-9-16)12-7-13-20(22)35-23(15)24(33)29-18-11-6-5-10-17(18)25(26,27)28/h2-6,8-11H,7,12-14H2,1H3,(H,29,33)(H,31,32)/b30-19+. The number of aryl methyl sites for hydroxylation is 1. The van der Waals surface area contributed by atoms with Gasteiger partial charge in [-0.1, -0.05) is 30.3 Å². The Kier molecular flexibility index (Phi) is 6.90. The zero-order valence-corrected chi connectivity index (χ0v) is 18.7. The molecule has 0 bridgehead atoms. The molecule has 35 heavy (non-hydrogen) atoms. The smallest absolute Gasteiger partial charge is 0.418 e. The molecule has 0 radical (unpaired) electrons. The number of furan rings is 1. The number of benzene rings is 2. The summed E-state index contributed by atoms with van der Waals surface area (Å²) in [5.41, 5.74) is 2.68. The van der Waals surface area contributed by atoms with Gasteiger partial charge in [0.15, 0.2) is 12.4 Å². The molecule has 2 amide bonds. The number of carbonyl (C=O) groups is 2. The average Bonchev–Trinajstić information content (AvgIpc) is 3.19. The highest BCUT2D eigenvalue weighted by atomic mass is 19.4. The van der Waals surface area contributed by atoms with E-state index in [1.165, 1.54) is 18.2 Å². The molecule has 1 aliphatic rings. The Bertz CT molecular complexity index is 1270. The Labute approximate surface area is 199 Å². The van der Waals surface area contributed by atoms with Crippen molar-refractivity contribution in [1.82, 2.24) is 5.43 Å². The van der Waals surface area contributed by atoms with Gasteiger partial charge < -0.3 is 14.5 Å². The summed E-state index contributed by atoms with van der Waals surface area (Å²) in [6, 6.07) is 13.6. The van der Waals surface area contributed by atoms with Crippen LogP contribution in [0, 0.1) is 6.92 Å². The number of amides is 2. The van der Waals surface area contributed by atoms with Crippen LogP contribution in [0.2, 0.25) is 0 Å². The first-order valence-corrected chi connectivity index (χ1v) is 10.9. The Morgan fingerprint density at radius 2 is 1.77 bits per heavy atom. The number of para-hydroxylation sites is 2. The Balaban J connectivity index is 1.49. The topological polar surface area (TPSA) is 92.9 Å². The molecule has 0 saturated heterocycles. The molecule has 4 rings (SSSR count). The molecule has 1 heterocycles. The van der Waals surface area contributed by atoms with Crippen LogP contribution < -0.4 is 15.5 Å². The molecule has 1 aliphatic carbocycles. The van der Waals surface area contributed by atoms with E-state index in [1.807, 2.05) is 6.07 Å². The molecule has 0 unspecified atom stereocenters. The van der Waals surface area contributed by atoms with Crippen molar-refractivity contribution >= 4 is 23.2 Å². The van der Waals surface area contributed by atoms with Gasteiger partial charge in [0.2, 0.25) is 0 Å². The number of nitrogens with zero attached hydrogens (tertiary/aromatic N) is 1. The fourth-order valence-corrected chi connectivity index (χ4v) is 3.84. The van der Waals surface area contributed by atoms with Crippen molar-refractivity contribution < 1.29 is 31.9 Å². The first-order chi connectivity index (χ1) is 16.7. The normalized spacial score (nSPS) is 14.3. The summed E-state index contributed by atoms with van der Waals surface area (Å²) in [6.45, 7) is 1.40. The number of carbonyl (C=O) groups excluding carboxylic acids is 2. The number of fused-ring (bicyclic) bond motifs is 1. The van der Waals surface area contributed by atoms with Gasteiger partial charge in [-0.25, -0.2) is 5.43 Å². The molecule has 10 heteroatoms. The lowest BCUT2D eigenvalue weighted by Gasteiger charge is -2.13. The second-order valence-electron chi connectivity index (χ2n) is 7.90. The SMILES string of the molecule is Cc1c(C(=O)Nc2ccccc2C(F)(F)F)oc2c1/C(=N/NC(=O)COc1ccccc1)CCC2. The van der Waals surface area contributed by atoms with E-state index >= 15 is 0 Å². The fourth-order valence-electron chi connectivity index (χ4n) is 3.84. The zero-order chi connectivity index (χ0) is 25.0. The first kappa shape index (κ1) is 24.1. The summed E-state index contributed by atoms with van der Waals surface area (Å²) in [7, 11) is 0. The number of rotatable bonds is 6. The second kappa shape index (κ2) is 10.0. The summed E-state index contributed by atoms with van der Waals surface area (Å²) in [6.07, 6.45) is -2.88. The third-order valence-corrected chi connectivity index (χ3v) is 5.44. The highest BCUT2D eigenvalue weighted by Gasteiger charge is 2.34. The van der Waals surface area contributed by atoms with Crippen LogP contribution in [-0.2, 0) is 17.4 Å². The van der Waals surface area contributed by atoms with Gasteiger partial charge in [-0.05, 0) is 44.0 Å². The molecule has 0 fully saturated rings. The summed E-state index contributed by atoms with van der Waals surface area (Å²) >= 11 is 0. The molecular formula is C25H22F3N3O4. The van der Waals surface area contributed by atoms with Gasteiger partial charge in [0.1, 0.15) is 11.5 Å². The van der Waals surface area contributed by atoms with Crippen LogP contribution in [0.3, 0.4) is 0 Å². The Hall–Kier alpha value is -4.08. The molecule has 2 aromatic carbocycles. The molecule has 0 atom stereocenters. The third kappa shape index (κ3) is 5.53. The van der Waals surface area contributed by atoms with E-state index in [0.717, 1.165) is 6.07 Å². The number of nitrogens with one attached hydrogen (secondary N) is 2. The van der Waals surface area contributed by atoms with Crippen molar-refractivity contribution in [2.24, 2.45) is 5.10 Å². The van der Waals surface area contributed by atoms with E-state index in [9.17, 15) is 22.8 Å². The predicted octanol–water partition coefficient (Wildman–Crippen LogP) is 5.09. The lowest BCUT2D eigenvalue weighted by atomic mass is 9.93. The maximum absolute atomic E-state index is 13.3. The highest BCUT2D eigenvalue weighted by Crippen LogP contribution is 2.35. The average molecular weight is 485 g/mol. The van der Waals surface area contributed by atoms with Gasteiger partial charge in [-0.15, -0.1) is 0 Å². The van der Waals surface area contributed by atoms with E-state index in [-0.39, 0.29) is 18.1 Å². The van der Waals surface area contributed by atoms with E-state index in [1.54, 1.807) is 31.2 Å². The van der Waals surface area contributed by atoms with E-state index < -0.39 is 23.6 Å². The fraction of sp³-hybridized carbons (Fsp3) is 0.240. The molecule has 0 spiro atoms. The highest BCUT2D eigenvalue weighted by molar-refractivity contribution is 6.09. The van der Waals surface area contributed by atoms with Gasteiger partial charge in [-0.2, -0.15) is 18.3 Å². The molecule has 1 aromatic heterocycles. The second-order valence-corrected chi connectivity index (χ2v) is 7.90. The van der Waals surface area contributed by atoms with E-state index in [4.69, 9.17) is 9.15 Å². The first-order valence-electron chi connectivity index (χ1n) is 10.9. The molecule has 182 valence electrons. The maximum atomic E-state index is 13.3. The van der Waals surface area contributed by atoms with Gasteiger partial charge in [0.05, 0.1) is 17.0 Å². The largest absolute Gasteiger partial charge is 0.484 e. The molecular weight excluding hydrogens is 463 g/mol. The summed E-state index contributed by atoms with van der Waals surface area (Å²) in [4.78, 5) is 25.0. The molecule has 0 saturated carbocycles. The summed E-state index contributed by atoms with van der Waals surface area (Å²) in [5.74, 6) is -0.315. The van der Waals surface area contributed by atoms with Crippen LogP contribution in [0.25, 0.3) is 0 Å². The quantitative estimate of drug-likeness (QED) is 0.476. The van der Waals surface area contributed by atoms with Crippen LogP contribution in [0.15, 0.2) is 64.1 Å². The van der Waals surface area contributed by atoms with Crippen LogP contribution >= 0.6 is 0 Å². The Morgan fingerprint density at radius 3 is 2.51 bits per heavy atom. The van der Waals surface area contributed by atoms with Crippen molar-refractivity contribution in [3.63, 3.8) is 0 Å². The minimum Gasteiger partial charge on any atom is -0.484 e. The minimum absolute atomic E-state index is 0.0969. The number of halogens is 3. The summed E-state index contributed by atoms with van der Waals surface area (Å²) in [5, 5.41) is 6.50. The van der Waals surface area contributed by atoms with E-state index in [2.05, 4.69) is 15.8 Å². The lowest BCUT2D eigenvalue weighted by Crippen LogP contribution is -2.27. The molecule has 7 nitrogen and oxygen atoms in total. The van der Waals surface area contributed by atoms with Gasteiger partial charge in [0.25, 0.3) is 11.8 Å². The van der Waals surface area contributed by atoms with Crippen molar-refractivity contribution in [1.29, 1.82) is 0 Å². The van der Waals surface area contributed by atoms with Gasteiger partial charge in [0, 0.05) is 17.5 Å². The number of anilines is 1. The number of hydrazone groups is 1. The number of hydrogen-bond donors (Lipinski definition) is 2. The van der Waals surface area contributed by atoms with E-state index in [0.29, 0.717) is 47.6 Å². The van der Waals surface area contributed by atoms with Crippen molar-refractivity contribution in [3.05, 3.63) is 82.8 Å². The number of alkyl halides is 3. The van der Waals surface area contributed by atoms with Crippen molar-refractivity contribution in [3.8, 4) is 5.75 Å². The third-order valence-electron chi connectivity index (χ3n) is 5.44. The van der Waals surface area contributed by atoms with Crippen LogP contribution in [0.5, 0.6) is 5.75 Å². The molecule has 0 aliphatic heterocycles. The predicted molar refractivity (Wildman–Crippen MR) is 122 cm³/mol. The van der Waals surface area contributed by atoms with Crippen LogP contribution in [-0.4, -0.2) is 24.1 Å². The molecule has 3 aromatic rings. The van der Waals surface area contributed by atoms with Crippen LogP contribution in [0.4, 0.5) is 18.9 Å². The molecule has 2 N–H and O–H groups in total. The van der Waals surface area contributed by atoms with Crippen molar-refractivity contribution in [2.45, 2.75) is 32.4 Å². The number of hydrogen-bond acceptors (Lipinski definition) is 5. The summed E-state index contributed by atoms with van der Waals surface area (Å²) < 4.78 is 51.0. The number of ether oxygens (including phenoxy) is 1.